The molecule has 0 unspecified atom stereocenters. The Morgan fingerprint density at radius 1 is 0.929 bits per heavy atom. The largest absolute Gasteiger partial charge is 0.465 e. The van der Waals surface area contributed by atoms with E-state index in [-0.39, 0.29) is 5.75 Å². The predicted molar refractivity (Wildman–Crippen MR) is 106 cm³/mol. The normalized spacial score (nSPS) is 10.9. The topological polar surface area (TPSA) is 98.8 Å². The minimum atomic E-state index is -3.66. The summed E-state index contributed by atoms with van der Waals surface area (Å²) in [7, 11) is -2.38. The standard InChI is InChI=1S/C20H23NO6S/c1-3-4-13-27-20(23)17-9-11-18(12-10-17)21-28(24,25)14-15-5-7-16(8-6-15)19(22)26-2/h5-12,21H,3-4,13-14H2,1-2H3. The van der Waals surface area contributed by atoms with E-state index in [1.165, 1.54) is 43.5 Å². The van der Waals surface area contributed by atoms with Crippen molar-refractivity contribution < 1.29 is 27.5 Å². The number of sulfonamides is 1. The highest BCUT2D eigenvalue weighted by Gasteiger charge is 2.14. The lowest BCUT2D eigenvalue weighted by molar-refractivity contribution is 0.0499. The molecular weight excluding hydrogens is 382 g/mol. The number of nitrogens with one attached hydrogen (secondary N) is 1. The Bertz CT molecular complexity index is 905. The van der Waals surface area contributed by atoms with Crippen molar-refractivity contribution in [1.82, 2.24) is 0 Å². The van der Waals surface area contributed by atoms with Crippen molar-refractivity contribution in [1.29, 1.82) is 0 Å². The van der Waals surface area contributed by atoms with Crippen LogP contribution < -0.4 is 4.72 Å². The zero-order valence-corrected chi connectivity index (χ0v) is 16.6. The average molecular weight is 405 g/mol. The molecule has 7 nitrogen and oxygen atoms in total. The summed E-state index contributed by atoms with van der Waals surface area (Å²) in [5, 5.41) is 0. The van der Waals surface area contributed by atoms with Gasteiger partial charge in [-0.05, 0) is 48.4 Å². The van der Waals surface area contributed by atoms with Crippen LogP contribution in [0.5, 0.6) is 0 Å². The molecule has 0 aliphatic rings. The van der Waals surface area contributed by atoms with Crippen molar-refractivity contribution in [2.24, 2.45) is 0 Å². The van der Waals surface area contributed by atoms with Crippen LogP contribution in [-0.4, -0.2) is 34.1 Å². The van der Waals surface area contributed by atoms with Gasteiger partial charge in [0.15, 0.2) is 0 Å². The van der Waals surface area contributed by atoms with Crippen molar-refractivity contribution in [3.8, 4) is 0 Å². The molecule has 0 radical (unpaired) electrons. The van der Waals surface area contributed by atoms with Gasteiger partial charge in [-0.2, -0.15) is 0 Å². The molecule has 2 rings (SSSR count). The van der Waals surface area contributed by atoms with E-state index < -0.39 is 22.0 Å². The summed E-state index contributed by atoms with van der Waals surface area (Å²) >= 11 is 0. The Morgan fingerprint density at radius 2 is 1.50 bits per heavy atom. The van der Waals surface area contributed by atoms with Crippen LogP contribution in [0.15, 0.2) is 48.5 Å². The van der Waals surface area contributed by atoms with Crippen LogP contribution in [0.3, 0.4) is 0 Å². The van der Waals surface area contributed by atoms with Gasteiger partial charge in [0.1, 0.15) is 0 Å². The van der Waals surface area contributed by atoms with E-state index in [0.29, 0.717) is 29.0 Å². The summed E-state index contributed by atoms with van der Waals surface area (Å²) in [6, 6.07) is 12.2. The molecule has 0 spiro atoms. The van der Waals surface area contributed by atoms with Crippen molar-refractivity contribution in [2.45, 2.75) is 25.5 Å². The Labute approximate surface area is 164 Å². The molecule has 0 bridgehead atoms. The Balaban J connectivity index is 1.98. The molecule has 0 heterocycles. The average Bonchev–Trinajstić information content (AvgIpc) is 2.68. The minimum absolute atomic E-state index is 0.255. The van der Waals surface area contributed by atoms with Crippen molar-refractivity contribution in [3.05, 3.63) is 65.2 Å². The number of methoxy groups -OCH3 is 1. The molecule has 0 aromatic heterocycles. The third-order valence-corrected chi connectivity index (χ3v) is 5.12. The molecule has 0 amide bonds. The first-order valence-electron chi connectivity index (χ1n) is 8.79. The van der Waals surface area contributed by atoms with Gasteiger partial charge in [0, 0.05) is 5.69 Å². The maximum atomic E-state index is 12.3. The van der Waals surface area contributed by atoms with Crippen LogP contribution in [0.25, 0.3) is 0 Å². The fourth-order valence-electron chi connectivity index (χ4n) is 2.36. The smallest absolute Gasteiger partial charge is 0.338 e. The maximum absolute atomic E-state index is 12.3. The zero-order chi connectivity index (χ0) is 20.6. The van der Waals surface area contributed by atoms with Gasteiger partial charge in [-0.25, -0.2) is 18.0 Å². The zero-order valence-electron chi connectivity index (χ0n) is 15.8. The highest BCUT2D eigenvalue weighted by atomic mass is 32.2. The molecule has 0 fully saturated rings. The first-order chi connectivity index (χ1) is 13.3. The van der Waals surface area contributed by atoms with Gasteiger partial charge in [0.2, 0.25) is 10.0 Å². The number of rotatable bonds is 9. The number of carbonyl (C=O) groups is 2. The first-order valence-corrected chi connectivity index (χ1v) is 10.4. The lowest BCUT2D eigenvalue weighted by atomic mass is 10.1. The van der Waals surface area contributed by atoms with Crippen molar-refractivity contribution >= 4 is 27.6 Å². The van der Waals surface area contributed by atoms with Gasteiger partial charge in [-0.1, -0.05) is 25.5 Å². The predicted octanol–water partition coefficient (Wildman–Crippen LogP) is 3.37. The minimum Gasteiger partial charge on any atom is -0.465 e. The Kier molecular flexibility index (Phi) is 7.57. The first kappa shape index (κ1) is 21.4. The molecule has 0 atom stereocenters. The van der Waals surface area contributed by atoms with E-state index in [9.17, 15) is 18.0 Å². The SMILES string of the molecule is CCCCOC(=O)c1ccc(NS(=O)(=O)Cc2ccc(C(=O)OC)cc2)cc1. The maximum Gasteiger partial charge on any atom is 0.338 e. The van der Waals surface area contributed by atoms with Gasteiger partial charge < -0.3 is 9.47 Å². The van der Waals surface area contributed by atoms with Crippen LogP contribution in [0, 0.1) is 0 Å². The number of hydrogen-bond acceptors (Lipinski definition) is 6. The van der Waals surface area contributed by atoms with E-state index >= 15 is 0 Å². The van der Waals surface area contributed by atoms with Gasteiger partial charge in [-0.15, -0.1) is 0 Å². The second-order valence-electron chi connectivity index (χ2n) is 6.12. The summed E-state index contributed by atoms with van der Waals surface area (Å²) in [5.41, 5.74) is 1.57. The fraction of sp³-hybridized carbons (Fsp3) is 0.300. The van der Waals surface area contributed by atoms with Crippen LogP contribution in [-0.2, 0) is 25.2 Å². The van der Waals surface area contributed by atoms with Crippen molar-refractivity contribution in [3.63, 3.8) is 0 Å². The van der Waals surface area contributed by atoms with E-state index in [1.807, 2.05) is 6.92 Å². The summed E-state index contributed by atoms with van der Waals surface area (Å²) < 4.78 is 36.9. The van der Waals surface area contributed by atoms with Crippen LogP contribution >= 0.6 is 0 Å². The Morgan fingerprint density at radius 3 is 2.07 bits per heavy atom. The quantitative estimate of drug-likeness (QED) is 0.507. The second-order valence-corrected chi connectivity index (χ2v) is 7.84. The lowest BCUT2D eigenvalue weighted by Gasteiger charge is -2.09. The van der Waals surface area contributed by atoms with Crippen LogP contribution in [0.4, 0.5) is 5.69 Å². The monoisotopic (exact) mass is 405 g/mol. The highest BCUT2D eigenvalue weighted by Crippen LogP contribution is 2.15. The number of anilines is 1. The molecule has 1 N–H and O–H groups in total. The van der Waals surface area contributed by atoms with Gasteiger partial charge in [0.25, 0.3) is 0 Å². The summed E-state index contributed by atoms with van der Waals surface area (Å²) in [6.07, 6.45) is 1.73. The molecule has 150 valence electrons. The molecule has 28 heavy (non-hydrogen) atoms. The summed E-state index contributed by atoms with van der Waals surface area (Å²) in [5.74, 6) is -1.18. The number of hydrogen-bond donors (Lipinski definition) is 1. The molecule has 2 aromatic rings. The van der Waals surface area contributed by atoms with Crippen LogP contribution in [0.1, 0.15) is 46.0 Å². The fourth-order valence-corrected chi connectivity index (χ4v) is 3.56. The van der Waals surface area contributed by atoms with Gasteiger partial charge >= 0.3 is 11.9 Å². The molecule has 0 saturated carbocycles. The lowest BCUT2D eigenvalue weighted by Crippen LogP contribution is -2.15. The summed E-state index contributed by atoms with van der Waals surface area (Å²) in [4.78, 5) is 23.3. The van der Waals surface area contributed by atoms with E-state index in [1.54, 1.807) is 12.1 Å². The molecule has 0 aliphatic carbocycles. The van der Waals surface area contributed by atoms with E-state index in [0.717, 1.165) is 12.8 Å². The van der Waals surface area contributed by atoms with E-state index in [2.05, 4.69) is 9.46 Å². The number of esters is 2. The molecule has 2 aromatic carbocycles. The molecule has 8 heteroatoms. The van der Waals surface area contributed by atoms with Crippen molar-refractivity contribution in [2.75, 3.05) is 18.4 Å². The molecule has 0 aliphatic heterocycles. The second kappa shape index (κ2) is 9.89. The number of carbonyl (C=O) groups excluding carboxylic acids is 2. The number of benzene rings is 2. The number of ether oxygens (including phenoxy) is 2. The number of unbranched alkanes of at least 4 members (excludes halogenated alkanes) is 1. The van der Waals surface area contributed by atoms with Crippen LogP contribution in [0.2, 0.25) is 0 Å². The highest BCUT2D eigenvalue weighted by molar-refractivity contribution is 7.91. The third kappa shape index (κ3) is 6.38. The van der Waals surface area contributed by atoms with E-state index in [4.69, 9.17) is 4.74 Å². The summed E-state index contributed by atoms with van der Waals surface area (Å²) in [6.45, 7) is 2.36. The molecular formula is C20H23NO6S. The Hall–Kier alpha value is -2.87. The van der Waals surface area contributed by atoms with Gasteiger partial charge in [-0.3, -0.25) is 4.72 Å². The molecule has 0 saturated heterocycles. The van der Waals surface area contributed by atoms with Gasteiger partial charge in [0.05, 0.1) is 30.6 Å². The third-order valence-electron chi connectivity index (χ3n) is 3.86.